The fourth-order valence-corrected chi connectivity index (χ4v) is 3.66. The Morgan fingerprint density at radius 1 is 1.67 bits per heavy atom. The van der Waals surface area contributed by atoms with Gasteiger partial charge in [0.25, 0.3) is 0 Å². The Balaban J connectivity index is 2.06. The summed E-state index contributed by atoms with van der Waals surface area (Å²) in [6.45, 7) is 6.41. The topological polar surface area (TPSA) is 17.8 Å². The Morgan fingerprint density at radius 2 is 2.47 bits per heavy atom. The van der Waals surface area contributed by atoms with Crippen LogP contribution in [0, 0.1) is 11.8 Å². The highest BCUT2D eigenvalue weighted by Gasteiger charge is 2.30. The number of rotatable bonds is 3. The van der Waals surface area contributed by atoms with Crippen molar-refractivity contribution in [2.75, 3.05) is 5.75 Å². The molecule has 82 valence electrons. The molecule has 0 N–H and O–H groups in total. The summed E-state index contributed by atoms with van der Waals surface area (Å²) in [6.07, 6.45) is 6.22. The quantitative estimate of drug-likeness (QED) is 0.782. The molecule has 2 atom stereocenters. The van der Waals surface area contributed by atoms with Crippen molar-refractivity contribution >= 4 is 11.8 Å². The maximum atomic E-state index is 4.17. The lowest BCUT2D eigenvalue weighted by Crippen LogP contribution is -2.15. The van der Waals surface area contributed by atoms with Crippen LogP contribution in [0.3, 0.4) is 0 Å². The molecule has 0 spiro atoms. The van der Waals surface area contributed by atoms with Gasteiger partial charge in [-0.2, -0.15) is 0 Å². The van der Waals surface area contributed by atoms with E-state index in [4.69, 9.17) is 0 Å². The molecule has 2 nitrogen and oxygen atoms in total. The van der Waals surface area contributed by atoms with Gasteiger partial charge in [0.2, 0.25) is 0 Å². The maximum Gasteiger partial charge on any atom is 0.0945 e. The molecule has 0 radical (unpaired) electrons. The van der Waals surface area contributed by atoms with Gasteiger partial charge in [-0.3, -0.25) is 0 Å². The van der Waals surface area contributed by atoms with Gasteiger partial charge in [0.15, 0.2) is 0 Å². The average molecular weight is 222 g/mol. The first-order chi connectivity index (χ1) is 7.22. The molecule has 2 heterocycles. The molecule has 1 fully saturated rings. The lowest BCUT2D eigenvalue weighted by atomic mass is 9.88. The molecule has 0 saturated carbocycles. The van der Waals surface area contributed by atoms with Crippen LogP contribution in [0.1, 0.15) is 19.0 Å². The normalized spacial score (nSPS) is 26.1. The van der Waals surface area contributed by atoms with Crippen LogP contribution in [-0.2, 0) is 13.5 Å². The third-order valence-electron chi connectivity index (χ3n) is 3.29. The molecule has 2 rings (SSSR count). The molecule has 0 bridgehead atoms. The van der Waals surface area contributed by atoms with E-state index in [-0.39, 0.29) is 0 Å². The molecule has 1 saturated heterocycles. The van der Waals surface area contributed by atoms with Gasteiger partial charge < -0.3 is 4.57 Å². The van der Waals surface area contributed by atoms with Crippen LogP contribution in [0.5, 0.6) is 0 Å². The van der Waals surface area contributed by atoms with Crippen LogP contribution in [-0.4, -0.2) is 15.3 Å². The fourth-order valence-electron chi connectivity index (χ4n) is 2.31. The van der Waals surface area contributed by atoms with Crippen LogP contribution in [0.25, 0.3) is 0 Å². The first kappa shape index (κ1) is 10.8. The molecule has 15 heavy (non-hydrogen) atoms. The van der Waals surface area contributed by atoms with Gasteiger partial charge in [0.1, 0.15) is 0 Å². The van der Waals surface area contributed by atoms with E-state index in [1.165, 1.54) is 22.8 Å². The molecule has 0 amide bonds. The lowest BCUT2D eigenvalue weighted by molar-refractivity contribution is 0.425. The summed E-state index contributed by atoms with van der Waals surface area (Å²) in [6, 6.07) is 0. The molecular weight excluding hydrogens is 204 g/mol. The zero-order chi connectivity index (χ0) is 10.8. The summed E-state index contributed by atoms with van der Waals surface area (Å²) in [5.74, 6) is 2.68. The second kappa shape index (κ2) is 4.44. The van der Waals surface area contributed by atoms with E-state index in [2.05, 4.69) is 30.1 Å². The van der Waals surface area contributed by atoms with Crippen molar-refractivity contribution in [2.24, 2.45) is 18.9 Å². The second-order valence-electron chi connectivity index (χ2n) is 4.25. The fraction of sp³-hybridized carbons (Fsp3) is 0.583. The molecule has 1 aromatic heterocycles. The zero-order valence-electron chi connectivity index (χ0n) is 9.44. The predicted molar refractivity (Wildman–Crippen MR) is 65.8 cm³/mol. The Bertz CT molecular complexity index is 356. The van der Waals surface area contributed by atoms with Gasteiger partial charge in [0, 0.05) is 24.7 Å². The molecule has 1 aromatic rings. The lowest BCUT2D eigenvalue weighted by Gasteiger charge is -2.17. The first-order valence-corrected chi connectivity index (χ1v) is 6.47. The van der Waals surface area contributed by atoms with E-state index in [0.717, 1.165) is 12.3 Å². The van der Waals surface area contributed by atoms with E-state index >= 15 is 0 Å². The van der Waals surface area contributed by atoms with Crippen molar-refractivity contribution in [2.45, 2.75) is 19.8 Å². The molecule has 0 aromatic carbocycles. The van der Waals surface area contributed by atoms with Gasteiger partial charge >= 0.3 is 0 Å². The van der Waals surface area contributed by atoms with Gasteiger partial charge in [-0.25, -0.2) is 4.98 Å². The molecule has 3 heteroatoms. The Labute approximate surface area is 95.8 Å². The summed E-state index contributed by atoms with van der Waals surface area (Å²) in [7, 11) is 2.07. The third-order valence-corrected chi connectivity index (χ3v) is 4.56. The van der Waals surface area contributed by atoms with Gasteiger partial charge in [-0.05, 0) is 29.6 Å². The summed E-state index contributed by atoms with van der Waals surface area (Å²) < 4.78 is 2.12. The summed E-state index contributed by atoms with van der Waals surface area (Å²) in [5.41, 5.74) is 1.34. The SMILES string of the molecule is C=C1SCC(Cc2cncn2C)C1CC. The number of allylic oxidation sites excluding steroid dienone is 1. The van der Waals surface area contributed by atoms with Crippen molar-refractivity contribution in [1.29, 1.82) is 0 Å². The van der Waals surface area contributed by atoms with Gasteiger partial charge in [0.05, 0.1) is 6.33 Å². The minimum absolute atomic E-state index is 0.699. The predicted octanol–water partition coefficient (Wildman–Crippen LogP) is 2.87. The number of aromatic nitrogens is 2. The van der Waals surface area contributed by atoms with Crippen LogP contribution in [0.2, 0.25) is 0 Å². The first-order valence-electron chi connectivity index (χ1n) is 5.49. The molecule has 2 unspecified atom stereocenters. The van der Waals surface area contributed by atoms with Crippen molar-refractivity contribution in [3.8, 4) is 0 Å². The summed E-state index contributed by atoms with van der Waals surface area (Å²) in [5, 5.41) is 0. The highest BCUT2D eigenvalue weighted by molar-refractivity contribution is 8.03. The van der Waals surface area contributed by atoms with Crippen LogP contribution in [0.4, 0.5) is 0 Å². The highest BCUT2D eigenvalue weighted by atomic mass is 32.2. The zero-order valence-corrected chi connectivity index (χ0v) is 10.3. The largest absolute Gasteiger partial charge is 0.338 e. The van der Waals surface area contributed by atoms with E-state index in [0.29, 0.717) is 5.92 Å². The van der Waals surface area contributed by atoms with Gasteiger partial charge in [-0.15, -0.1) is 11.8 Å². The Morgan fingerprint density at radius 3 is 3.07 bits per heavy atom. The van der Waals surface area contributed by atoms with E-state index in [9.17, 15) is 0 Å². The van der Waals surface area contributed by atoms with Crippen molar-refractivity contribution < 1.29 is 0 Å². The molecule has 0 aliphatic carbocycles. The van der Waals surface area contributed by atoms with Crippen molar-refractivity contribution in [3.63, 3.8) is 0 Å². The summed E-state index contributed by atoms with van der Waals surface area (Å²) >= 11 is 1.94. The molecule has 1 aliphatic rings. The van der Waals surface area contributed by atoms with Gasteiger partial charge in [-0.1, -0.05) is 13.5 Å². The molecular formula is C12H18N2S. The number of nitrogens with zero attached hydrogens (tertiary/aromatic N) is 2. The van der Waals surface area contributed by atoms with Crippen molar-refractivity contribution in [3.05, 3.63) is 29.7 Å². The Hall–Kier alpha value is -0.700. The number of aryl methyl sites for hydroxylation is 1. The number of imidazole rings is 1. The number of hydrogen-bond donors (Lipinski definition) is 0. The van der Waals surface area contributed by atoms with Crippen molar-refractivity contribution in [1.82, 2.24) is 9.55 Å². The standard InChI is InChI=1S/C12H18N2S/c1-4-12-9(2)15-7-10(12)5-11-6-13-8-14(11)3/h6,8,10,12H,2,4-5,7H2,1,3H3. The highest BCUT2D eigenvalue weighted by Crippen LogP contribution is 2.42. The maximum absolute atomic E-state index is 4.17. The number of hydrogen-bond acceptors (Lipinski definition) is 2. The van der Waals surface area contributed by atoms with E-state index < -0.39 is 0 Å². The minimum atomic E-state index is 0.699. The van der Waals surface area contributed by atoms with Crippen LogP contribution >= 0.6 is 11.8 Å². The van der Waals surface area contributed by atoms with Crippen LogP contribution in [0.15, 0.2) is 24.0 Å². The number of thioether (sulfide) groups is 1. The van der Waals surface area contributed by atoms with Crippen LogP contribution < -0.4 is 0 Å². The monoisotopic (exact) mass is 222 g/mol. The average Bonchev–Trinajstić information content (AvgIpc) is 2.76. The Kier molecular flexibility index (Phi) is 3.19. The van der Waals surface area contributed by atoms with E-state index in [1.54, 1.807) is 0 Å². The molecule has 1 aliphatic heterocycles. The van der Waals surface area contributed by atoms with E-state index in [1.807, 2.05) is 24.3 Å². The second-order valence-corrected chi connectivity index (χ2v) is 5.40. The third kappa shape index (κ3) is 2.12. The minimum Gasteiger partial charge on any atom is -0.338 e. The summed E-state index contributed by atoms with van der Waals surface area (Å²) in [4.78, 5) is 5.55. The smallest absolute Gasteiger partial charge is 0.0945 e.